The highest BCUT2D eigenvalue weighted by Gasteiger charge is 2.58. The number of aliphatic hydroxyl groups excluding tert-OH is 1. The Morgan fingerprint density at radius 1 is 1.26 bits per heavy atom. The van der Waals surface area contributed by atoms with Crippen molar-refractivity contribution >= 4 is 8.56 Å². The fourth-order valence-corrected chi connectivity index (χ4v) is 6.91. The fraction of sp³-hybridized carbons (Fsp3) is 0.857. The molecule has 19 heavy (non-hydrogen) atoms. The third kappa shape index (κ3) is 4.39. The molecule has 1 rings (SSSR count). The quantitative estimate of drug-likeness (QED) is 0.603. The third-order valence-electron chi connectivity index (χ3n) is 3.86. The van der Waals surface area contributed by atoms with Crippen molar-refractivity contribution in [3.8, 4) is 0 Å². The van der Waals surface area contributed by atoms with E-state index in [9.17, 15) is 0 Å². The lowest BCUT2D eigenvalue weighted by molar-refractivity contribution is -0.0149. The second kappa shape index (κ2) is 9.66. The number of methoxy groups -OCH3 is 1. The molecule has 5 heteroatoms. The molecule has 0 aromatic heterocycles. The third-order valence-corrected chi connectivity index (χ3v) is 8.29. The number of hydrogen-bond donors (Lipinski definition) is 1. The normalized spacial score (nSPS) is 25.3. The van der Waals surface area contributed by atoms with Crippen LogP contribution in [-0.4, -0.2) is 46.8 Å². The molecule has 1 atom stereocenters. The molecule has 0 bridgehead atoms. The molecule has 1 aliphatic heterocycles. The van der Waals surface area contributed by atoms with Crippen LogP contribution in [-0.2, 0) is 13.6 Å². The predicted octanol–water partition coefficient (Wildman–Crippen LogP) is 2.79. The first-order chi connectivity index (χ1) is 9.11. The van der Waals surface area contributed by atoms with Crippen molar-refractivity contribution in [3.63, 3.8) is 0 Å². The number of hydrogen-bond acceptors (Lipinski definition) is 4. The Labute approximate surface area is 119 Å². The molecule has 1 heterocycles. The summed E-state index contributed by atoms with van der Waals surface area (Å²) in [6.45, 7) is 5.51. The molecular weight excluding hydrogens is 260 g/mol. The molecule has 1 fully saturated rings. The molecule has 0 aromatic rings. The zero-order valence-electron chi connectivity index (χ0n) is 12.9. The lowest BCUT2D eigenvalue weighted by atomic mass is 10.1. The maximum absolute atomic E-state index is 7.76. The van der Waals surface area contributed by atoms with Crippen molar-refractivity contribution < 1.29 is 18.7 Å². The van der Waals surface area contributed by atoms with Gasteiger partial charge in [0, 0.05) is 21.3 Å². The topological polar surface area (TPSA) is 47.9 Å². The Bertz CT molecular complexity index is 240. The number of aliphatic hydroxyl groups is 1. The molecular formula is C14H30O4Si. The maximum Gasteiger partial charge on any atom is 0.370 e. The molecule has 0 amide bonds. The molecule has 0 aliphatic carbocycles. The van der Waals surface area contributed by atoms with Crippen LogP contribution in [0.15, 0.2) is 12.7 Å². The average molecular weight is 290 g/mol. The van der Waals surface area contributed by atoms with Gasteiger partial charge in [0.05, 0.1) is 6.61 Å². The smallest absolute Gasteiger partial charge is 0.370 e. The second-order valence-corrected chi connectivity index (χ2v) is 8.52. The van der Waals surface area contributed by atoms with Crippen LogP contribution in [0.1, 0.15) is 39.0 Å². The van der Waals surface area contributed by atoms with Crippen molar-refractivity contribution in [2.24, 2.45) is 0 Å². The van der Waals surface area contributed by atoms with Gasteiger partial charge in [-0.1, -0.05) is 32.3 Å². The molecule has 0 spiro atoms. The van der Waals surface area contributed by atoms with E-state index in [-0.39, 0.29) is 11.8 Å². The fourth-order valence-electron chi connectivity index (χ4n) is 2.92. The van der Waals surface area contributed by atoms with Crippen molar-refractivity contribution in [2.75, 3.05) is 27.9 Å². The van der Waals surface area contributed by atoms with Gasteiger partial charge in [0.2, 0.25) is 0 Å². The SMILES string of the molecule is C=CCO.CCCC1(OC)CCCC[Si]1(OC)OC. The minimum absolute atomic E-state index is 0.0833. The van der Waals surface area contributed by atoms with Gasteiger partial charge in [-0.2, -0.15) is 0 Å². The highest BCUT2D eigenvalue weighted by atomic mass is 28.4. The molecule has 0 saturated carbocycles. The van der Waals surface area contributed by atoms with Gasteiger partial charge >= 0.3 is 8.56 Å². The molecule has 0 radical (unpaired) electrons. The van der Waals surface area contributed by atoms with E-state index in [2.05, 4.69) is 13.5 Å². The Balaban J connectivity index is 0.000000711. The van der Waals surface area contributed by atoms with Gasteiger partial charge in [0.25, 0.3) is 0 Å². The van der Waals surface area contributed by atoms with Crippen molar-refractivity contribution in [1.29, 1.82) is 0 Å². The summed E-state index contributed by atoms with van der Waals surface area (Å²) in [5.41, 5.74) is 0. The van der Waals surface area contributed by atoms with Gasteiger partial charge in [0.15, 0.2) is 0 Å². The monoisotopic (exact) mass is 290 g/mol. The average Bonchev–Trinajstić information content (AvgIpc) is 2.48. The largest absolute Gasteiger partial charge is 0.396 e. The lowest BCUT2D eigenvalue weighted by Crippen LogP contribution is -2.64. The summed E-state index contributed by atoms with van der Waals surface area (Å²) in [6.07, 6.45) is 7.13. The number of rotatable bonds is 6. The predicted molar refractivity (Wildman–Crippen MR) is 80.4 cm³/mol. The highest BCUT2D eigenvalue weighted by Crippen LogP contribution is 2.42. The minimum atomic E-state index is -2.15. The van der Waals surface area contributed by atoms with Crippen LogP contribution >= 0.6 is 0 Å². The van der Waals surface area contributed by atoms with Gasteiger partial charge in [-0.3, -0.25) is 0 Å². The molecule has 4 nitrogen and oxygen atoms in total. The van der Waals surface area contributed by atoms with Crippen molar-refractivity contribution in [1.82, 2.24) is 0 Å². The molecule has 0 aromatic carbocycles. The van der Waals surface area contributed by atoms with E-state index in [1.165, 1.54) is 18.9 Å². The second-order valence-electron chi connectivity index (χ2n) is 4.79. The summed E-state index contributed by atoms with van der Waals surface area (Å²) in [6, 6.07) is 1.06. The van der Waals surface area contributed by atoms with E-state index in [0.717, 1.165) is 25.3 Å². The maximum atomic E-state index is 7.76. The van der Waals surface area contributed by atoms with E-state index in [4.69, 9.17) is 18.7 Å². The van der Waals surface area contributed by atoms with E-state index in [0.29, 0.717) is 0 Å². The molecule has 1 N–H and O–H groups in total. The van der Waals surface area contributed by atoms with E-state index >= 15 is 0 Å². The first-order valence-corrected chi connectivity index (χ1v) is 9.01. The minimum Gasteiger partial charge on any atom is -0.396 e. The first kappa shape index (κ1) is 18.8. The van der Waals surface area contributed by atoms with Crippen molar-refractivity contribution in [3.05, 3.63) is 12.7 Å². The van der Waals surface area contributed by atoms with Crippen molar-refractivity contribution in [2.45, 2.75) is 50.3 Å². The first-order valence-electron chi connectivity index (χ1n) is 6.99. The van der Waals surface area contributed by atoms with Gasteiger partial charge in [-0.15, -0.1) is 6.58 Å². The van der Waals surface area contributed by atoms with Crippen LogP contribution in [0.2, 0.25) is 6.04 Å². The summed E-state index contributed by atoms with van der Waals surface area (Å²) >= 11 is 0. The van der Waals surface area contributed by atoms with Crippen LogP contribution in [0.5, 0.6) is 0 Å². The Kier molecular flexibility index (Phi) is 9.56. The van der Waals surface area contributed by atoms with Gasteiger partial charge < -0.3 is 18.7 Å². The number of ether oxygens (including phenoxy) is 1. The Hall–Kier alpha value is -0.203. The Morgan fingerprint density at radius 2 is 1.84 bits per heavy atom. The summed E-state index contributed by atoms with van der Waals surface area (Å²) in [7, 11) is 3.22. The van der Waals surface area contributed by atoms with Crippen LogP contribution in [0.3, 0.4) is 0 Å². The van der Waals surface area contributed by atoms with Gasteiger partial charge in [0.1, 0.15) is 5.22 Å². The Morgan fingerprint density at radius 3 is 2.21 bits per heavy atom. The summed E-state index contributed by atoms with van der Waals surface area (Å²) < 4.78 is 17.4. The highest BCUT2D eigenvalue weighted by molar-refractivity contribution is 6.70. The van der Waals surface area contributed by atoms with Gasteiger partial charge in [-0.05, 0) is 18.9 Å². The standard InChI is InChI=1S/C11H24O3Si.C3H6O/c1-5-8-11(12-2)9-6-7-10-15(11,13-3)14-4;1-2-3-4/h5-10H2,1-4H3;2,4H,1,3H2. The summed E-state index contributed by atoms with van der Waals surface area (Å²) in [5, 5.41) is 7.64. The molecule has 1 unspecified atom stereocenters. The van der Waals surface area contributed by atoms with Crippen LogP contribution < -0.4 is 0 Å². The van der Waals surface area contributed by atoms with Crippen LogP contribution in [0.4, 0.5) is 0 Å². The molecule has 1 aliphatic rings. The van der Waals surface area contributed by atoms with Crippen LogP contribution in [0, 0.1) is 0 Å². The lowest BCUT2D eigenvalue weighted by Gasteiger charge is -2.47. The zero-order valence-corrected chi connectivity index (χ0v) is 13.9. The van der Waals surface area contributed by atoms with E-state index < -0.39 is 8.56 Å². The molecule has 1 saturated heterocycles. The van der Waals surface area contributed by atoms with Crippen LogP contribution in [0.25, 0.3) is 0 Å². The van der Waals surface area contributed by atoms with E-state index in [1.807, 2.05) is 0 Å². The zero-order chi connectivity index (χ0) is 14.8. The summed E-state index contributed by atoms with van der Waals surface area (Å²) in [4.78, 5) is 0. The van der Waals surface area contributed by atoms with Gasteiger partial charge in [-0.25, -0.2) is 0 Å². The summed E-state index contributed by atoms with van der Waals surface area (Å²) in [5.74, 6) is 0. The van der Waals surface area contributed by atoms with E-state index in [1.54, 1.807) is 21.3 Å². The molecule has 114 valence electrons.